The van der Waals surface area contributed by atoms with Crippen molar-refractivity contribution in [2.75, 3.05) is 6.26 Å². The van der Waals surface area contributed by atoms with Crippen molar-refractivity contribution in [3.63, 3.8) is 0 Å². The van der Waals surface area contributed by atoms with Crippen LogP contribution in [0.25, 0.3) is 0 Å². The number of nitrogens with zero attached hydrogens (tertiary/aromatic N) is 2. The quantitative estimate of drug-likeness (QED) is 0.788. The molecule has 1 heterocycles. The van der Waals surface area contributed by atoms with Crippen LogP contribution in [0.2, 0.25) is 0 Å². The van der Waals surface area contributed by atoms with E-state index in [1.807, 2.05) is 0 Å². The van der Waals surface area contributed by atoms with Gasteiger partial charge in [-0.25, -0.2) is 9.37 Å². The lowest BCUT2D eigenvalue weighted by Gasteiger charge is -2.08. The molecule has 1 aromatic heterocycles. The minimum absolute atomic E-state index is 0.0759. The fourth-order valence-electron chi connectivity index (χ4n) is 1.49. The zero-order valence-corrected chi connectivity index (χ0v) is 12.2. The van der Waals surface area contributed by atoms with E-state index in [2.05, 4.69) is 14.2 Å². The van der Waals surface area contributed by atoms with Gasteiger partial charge in [0.05, 0.1) is 24.3 Å². The lowest BCUT2D eigenvalue weighted by atomic mass is 10.2. The molecule has 112 valence electrons. The van der Waals surface area contributed by atoms with E-state index in [4.69, 9.17) is 4.74 Å². The summed E-state index contributed by atoms with van der Waals surface area (Å²) >= 11 is 0. The van der Waals surface area contributed by atoms with E-state index in [0.29, 0.717) is 11.3 Å². The monoisotopic (exact) mass is 312 g/mol. The van der Waals surface area contributed by atoms with Crippen molar-refractivity contribution in [2.24, 2.45) is 0 Å². The van der Waals surface area contributed by atoms with Gasteiger partial charge in [0.2, 0.25) is 5.88 Å². The smallest absolute Gasteiger partial charge is 0.264 e. The second-order valence-corrected chi connectivity index (χ2v) is 5.94. The summed E-state index contributed by atoms with van der Waals surface area (Å²) in [5.74, 6) is -0.320. The SMILES string of the molecule is Cc1cccc(F)c1Oc1cnc(COS(C)(=O)=O)cn1. The lowest BCUT2D eigenvalue weighted by molar-refractivity contribution is 0.306. The van der Waals surface area contributed by atoms with Gasteiger partial charge in [-0.3, -0.25) is 9.17 Å². The third-order valence-electron chi connectivity index (χ3n) is 2.47. The van der Waals surface area contributed by atoms with Crippen molar-refractivity contribution < 1.29 is 21.7 Å². The van der Waals surface area contributed by atoms with Crippen molar-refractivity contribution in [2.45, 2.75) is 13.5 Å². The molecule has 0 radical (unpaired) electrons. The lowest BCUT2D eigenvalue weighted by Crippen LogP contribution is -2.04. The highest BCUT2D eigenvalue weighted by molar-refractivity contribution is 7.85. The van der Waals surface area contributed by atoms with Gasteiger partial charge in [0.15, 0.2) is 11.6 Å². The van der Waals surface area contributed by atoms with Crippen LogP contribution >= 0.6 is 0 Å². The number of para-hydroxylation sites is 1. The molecule has 0 bridgehead atoms. The minimum Gasteiger partial charge on any atom is -0.434 e. The Morgan fingerprint density at radius 3 is 2.57 bits per heavy atom. The molecule has 0 saturated carbocycles. The van der Waals surface area contributed by atoms with Gasteiger partial charge in [-0.2, -0.15) is 8.42 Å². The van der Waals surface area contributed by atoms with Crippen molar-refractivity contribution >= 4 is 10.1 Å². The molecule has 6 nitrogen and oxygen atoms in total. The molecule has 1 aromatic carbocycles. The Balaban J connectivity index is 2.09. The summed E-state index contributed by atoms with van der Waals surface area (Å²) in [5, 5.41) is 0. The molecular weight excluding hydrogens is 299 g/mol. The molecule has 2 rings (SSSR count). The number of benzene rings is 1. The maximum atomic E-state index is 13.6. The number of rotatable bonds is 5. The van der Waals surface area contributed by atoms with Crippen molar-refractivity contribution in [3.8, 4) is 11.6 Å². The zero-order chi connectivity index (χ0) is 15.5. The van der Waals surface area contributed by atoms with Gasteiger partial charge < -0.3 is 4.74 Å². The number of hydrogen-bond donors (Lipinski definition) is 0. The van der Waals surface area contributed by atoms with Gasteiger partial charge >= 0.3 is 0 Å². The number of hydrogen-bond acceptors (Lipinski definition) is 6. The zero-order valence-electron chi connectivity index (χ0n) is 11.4. The largest absolute Gasteiger partial charge is 0.434 e. The van der Waals surface area contributed by atoms with Gasteiger partial charge in [0.25, 0.3) is 10.1 Å². The Hall–Kier alpha value is -2.06. The molecule has 0 aliphatic rings. The first-order valence-electron chi connectivity index (χ1n) is 5.93. The number of halogens is 1. The number of aryl methyl sites for hydroxylation is 1. The van der Waals surface area contributed by atoms with Gasteiger partial charge in [-0.15, -0.1) is 0 Å². The molecule has 0 unspecified atom stereocenters. The van der Waals surface area contributed by atoms with E-state index in [1.165, 1.54) is 18.5 Å². The first-order valence-corrected chi connectivity index (χ1v) is 7.75. The molecular formula is C13H13FN2O4S. The first-order chi connectivity index (χ1) is 9.85. The summed E-state index contributed by atoms with van der Waals surface area (Å²) in [7, 11) is -3.54. The Kier molecular flexibility index (Phi) is 4.49. The first kappa shape index (κ1) is 15.3. The fraction of sp³-hybridized carbons (Fsp3) is 0.231. The van der Waals surface area contributed by atoms with E-state index in [1.54, 1.807) is 19.1 Å². The summed E-state index contributed by atoms with van der Waals surface area (Å²) in [4.78, 5) is 7.87. The Bertz CT molecular complexity index is 712. The van der Waals surface area contributed by atoms with Crippen LogP contribution in [0.15, 0.2) is 30.6 Å². The standard InChI is InChI=1S/C13H13FN2O4S/c1-9-4-3-5-11(14)13(9)20-12-7-15-10(6-16-12)8-19-21(2,17)18/h3-7H,8H2,1-2H3. The maximum Gasteiger partial charge on any atom is 0.264 e. The van der Waals surface area contributed by atoms with E-state index >= 15 is 0 Å². The minimum atomic E-state index is -3.54. The van der Waals surface area contributed by atoms with Crippen molar-refractivity contribution in [3.05, 3.63) is 47.7 Å². The van der Waals surface area contributed by atoms with Crippen LogP contribution in [0, 0.1) is 12.7 Å². The summed E-state index contributed by atoms with van der Waals surface area (Å²) in [6, 6.07) is 4.57. The Morgan fingerprint density at radius 1 is 1.24 bits per heavy atom. The predicted molar refractivity (Wildman–Crippen MR) is 72.9 cm³/mol. The predicted octanol–water partition coefficient (Wildman–Crippen LogP) is 2.19. The Labute approximate surface area is 121 Å². The van der Waals surface area contributed by atoms with Crippen LogP contribution < -0.4 is 4.74 Å². The second-order valence-electron chi connectivity index (χ2n) is 4.30. The molecule has 0 atom stereocenters. The van der Waals surface area contributed by atoms with Gasteiger partial charge in [-0.05, 0) is 18.6 Å². The highest BCUT2D eigenvalue weighted by Crippen LogP contribution is 2.26. The normalized spacial score (nSPS) is 11.4. The van der Waals surface area contributed by atoms with Crippen molar-refractivity contribution in [1.29, 1.82) is 0 Å². The third kappa shape index (κ3) is 4.47. The molecule has 0 spiro atoms. The average Bonchev–Trinajstić information content (AvgIpc) is 2.41. The van der Waals surface area contributed by atoms with E-state index in [0.717, 1.165) is 6.26 Å². The average molecular weight is 312 g/mol. The van der Waals surface area contributed by atoms with Crippen LogP contribution in [0.1, 0.15) is 11.3 Å². The summed E-state index contributed by atoms with van der Waals surface area (Å²) in [5.41, 5.74) is 0.944. The van der Waals surface area contributed by atoms with E-state index in [-0.39, 0.29) is 18.2 Å². The third-order valence-corrected chi connectivity index (χ3v) is 3.02. The van der Waals surface area contributed by atoms with Crippen LogP contribution in [-0.4, -0.2) is 24.6 Å². The molecule has 0 fully saturated rings. The second kappa shape index (κ2) is 6.15. The maximum absolute atomic E-state index is 13.6. The fourth-order valence-corrected chi connectivity index (χ4v) is 1.82. The molecule has 0 aliphatic heterocycles. The molecule has 8 heteroatoms. The van der Waals surface area contributed by atoms with Crippen LogP contribution in [-0.2, 0) is 20.9 Å². The van der Waals surface area contributed by atoms with Gasteiger partial charge in [0, 0.05) is 0 Å². The molecule has 0 saturated heterocycles. The molecule has 2 aromatic rings. The highest BCUT2D eigenvalue weighted by Gasteiger charge is 2.09. The highest BCUT2D eigenvalue weighted by atomic mass is 32.2. The number of aromatic nitrogens is 2. The molecule has 0 aliphatic carbocycles. The summed E-state index contributed by atoms with van der Waals surface area (Å²) in [6.07, 6.45) is 3.52. The van der Waals surface area contributed by atoms with Gasteiger partial charge in [-0.1, -0.05) is 12.1 Å². The van der Waals surface area contributed by atoms with E-state index in [9.17, 15) is 12.8 Å². The molecule has 21 heavy (non-hydrogen) atoms. The Morgan fingerprint density at radius 2 is 2.00 bits per heavy atom. The van der Waals surface area contributed by atoms with Crippen LogP contribution in [0.5, 0.6) is 11.6 Å². The van der Waals surface area contributed by atoms with Crippen molar-refractivity contribution in [1.82, 2.24) is 9.97 Å². The van der Waals surface area contributed by atoms with Crippen LogP contribution in [0.4, 0.5) is 4.39 Å². The number of ether oxygens (including phenoxy) is 1. The molecule has 0 N–H and O–H groups in total. The molecule has 0 amide bonds. The topological polar surface area (TPSA) is 78.4 Å². The summed E-state index contributed by atoms with van der Waals surface area (Å²) in [6.45, 7) is 1.49. The summed E-state index contributed by atoms with van der Waals surface area (Å²) < 4.78 is 45.2. The van der Waals surface area contributed by atoms with Gasteiger partial charge in [0.1, 0.15) is 6.61 Å². The van der Waals surface area contributed by atoms with E-state index < -0.39 is 15.9 Å². The van der Waals surface area contributed by atoms with Crippen LogP contribution in [0.3, 0.4) is 0 Å².